The fraction of sp³-hybridized carbons (Fsp3) is 1.00. The Labute approximate surface area is 62.6 Å². The molecular formula is C6H11F3O2. The van der Waals surface area contributed by atoms with Crippen LogP contribution in [0.4, 0.5) is 13.2 Å². The van der Waals surface area contributed by atoms with Crippen LogP contribution in [-0.4, -0.2) is 29.1 Å². The van der Waals surface area contributed by atoms with E-state index in [1.807, 2.05) is 0 Å². The van der Waals surface area contributed by atoms with E-state index in [2.05, 4.69) is 0 Å². The average molecular weight is 172 g/mol. The van der Waals surface area contributed by atoms with Crippen molar-refractivity contribution in [3.63, 3.8) is 0 Å². The molecule has 0 amide bonds. The smallest absolute Gasteiger partial charge is 0.396 e. The van der Waals surface area contributed by atoms with Crippen LogP contribution in [0.1, 0.15) is 19.3 Å². The molecule has 1 unspecified atom stereocenters. The molecule has 0 fully saturated rings. The summed E-state index contributed by atoms with van der Waals surface area (Å²) in [4.78, 5) is 0. The lowest BCUT2D eigenvalue weighted by Crippen LogP contribution is -2.28. The van der Waals surface area contributed by atoms with Crippen molar-refractivity contribution in [2.45, 2.75) is 31.5 Å². The summed E-state index contributed by atoms with van der Waals surface area (Å²) in [6, 6.07) is 0. The summed E-state index contributed by atoms with van der Waals surface area (Å²) in [6.07, 6.45) is -6.60. The molecule has 1 atom stereocenters. The van der Waals surface area contributed by atoms with Crippen LogP contribution in [0, 0.1) is 0 Å². The molecule has 11 heavy (non-hydrogen) atoms. The summed E-state index contributed by atoms with van der Waals surface area (Å²) >= 11 is 0. The van der Waals surface area contributed by atoms with Crippen molar-refractivity contribution in [3.8, 4) is 0 Å². The van der Waals surface area contributed by atoms with Crippen LogP contribution in [0.15, 0.2) is 0 Å². The van der Waals surface area contributed by atoms with Crippen LogP contribution >= 0.6 is 0 Å². The number of unbranched alkanes of at least 4 members (excludes halogenated alkanes) is 1. The van der Waals surface area contributed by atoms with Crippen molar-refractivity contribution in [2.24, 2.45) is 0 Å². The van der Waals surface area contributed by atoms with E-state index in [1.165, 1.54) is 0 Å². The van der Waals surface area contributed by atoms with Crippen molar-refractivity contribution >= 4 is 0 Å². The van der Waals surface area contributed by atoms with Gasteiger partial charge in [0, 0.05) is 6.61 Å². The molecule has 5 heteroatoms. The topological polar surface area (TPSA) is 40.5 Å². The summed E-state index contributed by atoms with van der Waals surface area (Å²) < 4.78 is 34.7. The largest absolute Gasteiger partial charge is 0.414 e. The SMILES string of the molecule is OCCCCC(O)C(F)(F)F. The molecule has 0 bridgehead atoms. The van der Waals surface area contributed by atoms with Crippen LogP contribution in [0.25, 0.3) is 0 Å². The van der Waals surface area contributed by atoms with E-state index in [-0.39, 0.29) is 19.4 Å². The van der Waals surface area contributed by atoms with Crippen LogP contribution < -0.4 is 0 Å². The number of rotatable bonds is 4. The Bertz CT molecular complexity index is 102. The molecule has 0 aromatic carbocycles. The van der Waals surface area contributed by atoms with Crippen molar-refractivity contribution in [1.29, 1.82) is 0 Å². The lowest BCUT2D eigenvalue weighted by atomic mass is 10.1. The first-order valence-electron chi connectivity index (χ1n) is 3.34. The van der Waals surface area contributed by atoms with Crippen molar-refractivity contribution in [2.75, 3.05) is 6.61 Å². The number of alkyl halides is 3. The van der Waals surface area contributed by atoms with Gasteiger partial charge in [0.2, 0.25) is 0 Å². The van der Waals surface area contributed by atoms with E-state index in [9.17, 15) is 13.2 Å². The Morgan fingerprint density at radius 3 is 2.09 bits per heavy atom. The fourth-order valence-corrected chi connectivity index (χ4v) is 0.613. The van der Waals surface area contributed by atoms with Crippen LogP contribution in [-0.2, 0) is 0 Å². The van der Waals surface area contributed by atoms with Gasteiger partial charge in [-0.1, -0.05) is 0 Å². The number of aliphatic hydroxyl groups excluding tert-OH is 2. The Balaban J connectivity index is 3.44. The lowest BCUT2D eigenvalue weighted by molar-refractivity contribution is -0.205. The predicted molar refractivity (Wildman–Crippen MR) is 33.0 cm³/mol. The molecular weight excluding hydrogens is 161 g/mol. The Kier molecular flexibility index (Phi) is 4.44. The van der Waals surface area contributed by atoms with Crippen molar-refractivity contribution in [3.05, 3.63) is 0 Å². The Morgan fingerprint density at radius 1 is 1.18 bits per heavy atom. The van der Waals surface area contributed by atoms with Gasteiger partial charge < -0.3 is 10.2 Å². The van der Waals surface area contributed by atoms with E-state index in [0.717, 1.165) is 0 Å². The van der Waals surface area contributed by atoms with Gasteiger partial charge in [-0.05, 0) is 19.3 Å². The zero-order valence-corrected chi connectivity index (χ0v) is 5.93. The van der Waals surface area contributed by atoms with E-state index in [1.54, 1.807) is 0 Å². The Morgan fingerprint density at radius 2 is 1.73 bits per heavy atom. The van der Waals surface area contributed by atoms with Gasteiger partial charge in [0.05, 0.1) is 0 Å². The molecule has 0 saturated carbocycles. The monoisotopic (exact) mass is 172 g/mol. The minimum atomic E-state index is -4.52. The van der Waals surface area contributed by atoms with Crippen LogP contribution in [0.2, 0.25) is 0 Å². The fourth-order valence-electron chi connectivity index (χ4n) is 0.613. The summed E-state index contributed by atoms with van der Waals surface area (Å²) in [5.41, 5.74) is 0. The number of aliphatic hydroxyl groups is 2. The molecule has 0 rings (SSSR count). The first-order valence-corrected chi connectivity index (χ1v) is 3.34. The first kappa shape index (κ1) is 10.7. The Hall–Kier alpha value is -0.290. The third-order valence-electron chi connectivity index (χ3n) is 1.26. The maximum absolute atomic E-state index is 11.6. The molecule has 0 aliphatic rings. The lowest BCUT2D eigenvalue weighted by Gasteiger charge is -2.13. The third kappa shape index (κ3) is 5.03. The van der Waals surface area contributed by atoms with Crippen LogP contribution in [0.3, 0.4) is 0 Å². The first-order chi connectivity index (χ1) is 4.98. The summed E-state index contributed by atoms with van der Waals surface area (Å²) in [7, 11) is 0. The quantitative estimate of drug-likeness (QED) is 0.623. The number of halogens is 3. The van der Waals surface area contributed by atoms with Gasteiger partial charge in [0.1, 0.15) is 6.10 Å². The molecule has 0 spiro atoms. The molecule has 0 saturated heterocycles. The highest BCUT2D eigenvalue weighted by Crippen LogP contribution is 2.23. The zero-order chi connectivity index (χ0) is 8.91. The van der Waals surface area contributed by atoms with E-state index in [4.69, 9.17) is 10.2 Å². The maximum Gasteiger partial charge on any atom is 0.414 e. The van der Waals surface area contributed by atoms with Gasteiger partial charge in [-0.2, -0.15) is 13.2 Å². The number of hydrogen-bond donors (Lipinski definition) is 2. The van der Waals surface area contributed by atoms with Gasteiger partial charge in [-0.15, -0.1) is 0 Å². The van der Waals surface area contributed by atoms with Gasteiger partial charge in [0.25, 0.3) is 0 Å². The van der Waals surface area contributed by atoms with Gasteiger partial charge in [-0.25, -0.2) is 0 Å². The normalized spacial score (nSPS) is 15.0. The highest BCUT2D eigenvalue weighted by atomic mass is 19.4. The van der Waals surface area contributed by atoms with E-state index < -0.39 is 12.3 Å². The van der Waals surface area contributed by atoms with E-state index in [0.29, 0.717) is 6.42 Å². The second kappa shape index (κ2) is 4.56. The zero-order valence-electron chi connectivity index (χ0n) is 5.93. The van der Waals surface area contributed by atoms with Gasteiger partial charge in [0.15, 0.2) is 0 Å². The van der Waals surface area contributed by atoms with Crippen LogP contribution in [0.5, 0.6) is 0 Å². The minimum Gasteiger partial charge on any atom is -0.396 e. The molecule has 0 aromatic heterocycles. The molecule has 68 valence electrons. The minimum absolute atomic E-state index is 0.134. The van der Waals surface area contributed by atoms with Crippen molar-refractivity contribution in [1.82, 2.24) is 0 Å². The van der Waals surface area contributed by atoms with Gasteiger partial charge >= 0.3 is 6.18 Å². The summed E-state index contributed by atoms with van der Waals surface area (Å²) in [5, 5.41) is 16.6. The molecule has 0 radical (unpaired) electrons. The molecule has 0 heterocycles. The van der Waals surface area contributed by atoms with E-state index >= 15 is 0 Å². The predicted octanol–water partition coefficient (Wildman–Crippen LogP) is 1.07. The molecule has 2 nitrogen and oxygen atoms in total. The average Bonchev–Trinajstić information content (AvgIpc) is 1.86. The molecule has 0 aliphatic heterocycles. The standard InChI is InChI=1S/C6H11F3O2/c7-6(8,9)5(11)3-1-2-4-10/h5,10-11H,1-4H2. The second-order valence-electron chi connectivity index (χ2n) is 2.28. The third-order valence-corrected chi connectivity index (χ3v) is 1.26. The van der Waals surface area contributed by atoms with Crippen molar-refractivity contribution < 1.29 is 23.4 Å². The number of hydrogen-bond acceptors (Lipinski definition) is 2. The summed E-state index contributed by atoms with van der Waals surface area (Å²) in [6.45, 7) is -0.134. The summed E-state index contributed by atoms with van der Waals surface area (Å²) in [5.74, 6) is 0. The highest BCUT2D eigenvalue weighted by Gasteiger charge is 2.37. The second-order valence-corrected chi connectivity index (χ2v) is 2.28. The highest BCUT2D eigenvalue weighted by molar-refractivity contribution is 4.64. The molecule has 2 N–H and O–H groups in total. The molecule has 0 aliphatic carbocycles. The maximum atomic E-state index is 11.6. The molecule has 0 aromatic rings. The van der Waals surface area contributed by atoms with Gasteiger partial charge in [-0.3, -0.25) is 0 Å².